The number of hydrogen-bond acceptors (Lipinski definition) is 7. The van der Waals surface area contributed by atoms with Gasteiger partial charge in [-0.2, -0.15) is 0 Å². The summed E-state index contributed by atoms with van der Waals surface area (Å²) in [5.74, 6) is -2.00. The topological polar surface area (TPSA) is 108 Å². The highest BCUT2D eigenvalue weighted by Gasteiger charge is 2.25. The molecule has 0 aliphatic rings. The van der Waals surface area contributed by atoms with Crippen LogP contribution in [0.25, 0.3) is 0 Å². The Balaban J connectivity index is 4.02. The van der Waals surface area contributed by atoms with Gasteiger partial charge in [-0.25, -0.2) is 4.79 Å². The van der Waals surface area contributed by atoms with E-state index in [0.29, 0.717) is 17.4 Å². The predicted molar refractivity (Wildman–Crippen MR) is 327 cm³/mol. The van der Waals surface area contributed by atoms with Crippen LogP contribution in [0.15, 0.2) is 72.9 Å². The van der Waals surface area contributed by atoms with Gasteiger partial charge in [-0.3, -0.25) is 9.59 Å². The molecule has 446 valence electrons. The molecule has 0 amide bonds. The Kier molecular flexibility index (Phi) is 56.4. The highest BCUT2D eigenvalue weighted by molar-refractivity contribution is 5.71. The average Bonchev–Trinajstić information content (AvgIpc) is 3.40. The number of unbranched alkanes of at least 4 members (excludes halogenated alkanes) is 32. The number of ether oxygens (including phenoxy) is 4. The lowest BCUT2D eigenvalue weighted by Gasteiger charge is -2.25. The van der Waals surface area contributed by atoms with Crippen LogP contribution in [0.3, 0.4) is 0 Å². The molecular formula is C68H122NO8+. The summed E-state index contributed by atoms with van der Waals surface area (Å²) in [7, 11) is 5.97. The second-order valence-electron chi connectivity index (χ2n) is 22.7. The second kappa shape index (κ2) is 58.9. The minimum absolute atomic E-state index is 0.184. The zero-order chi connectivity index (χ0) is 56.2. The van der Waals surface area contributed by atoms with Crippen LogP contribution in [0.5, 0.6) is 0 Å². The Morgan fingerprint density at radius 2 is 0.740 bits per heavy atom. The van der Waals surface area contributed by atoms with Crippen molar-refractivity contribution in [1.29, 1.82) is 0 Å². The van der Waals surface area contributed by atoms with Crippen molar-refractivity contribution in [2.24, 2.45) is 0 Å². The number of aliphatic carboxylic acids is 1. The van der Waals surface area contributed by atoms with Crippen molar-refractivity contribution in [2.45, 2.75) is 296 Å². The van der Waals surface area contributed by atoms with E-state index in [4.69, 9.17) is 18.9 Å². The first-order chi connectivity index (χ1) is 37.6. The van der Waals surface area contributed by atoms with Gasteiger partial charge in [0.2, 0.25) is 0 Å². The number of hydrogen-bond donors (Lipinski definition) is 1. The molecule has 0 fully saturated rings. The largest absolute Gasteiger partial charge is 0.477 e. The Bertz CT molecular complexity index is 1490. The number of quaternary nitrogens is 1. The van der Waals surface area contributed by atoms with E-state index in [1.807, 2.05) is 21.1 Å². The van der Waals surface area contributed by atoms with Crippen molar-refractivity contribution < 1.29 is 42.9 Å². The lowest BCUT2D eigenvalue weighted by atomic mass is 10.0. The number of carbonyl (C=O) groups is 3. The first kappa shape index (κ1) is 73.7. The van der Waals surface area contributed by atoms with E-state index in [9.17, 15) is 19.5 Å². The first-order valence-electron chi connectivity index (χ1n) is 32.1. The smallest absolute Gasteiger partial charge is 0.361 e. The van der Waals surface area contributed by atoms with Crippen molar-refractivity contribution >= 4 is 17.9 Å². The molecule has 0 saturated carbocycles. The number of carboxylic acid groups (broad SMARTS) is 1. The maximum atomic E-state index is 12.9. The number of likely N-dealkylation sites (N-methyl/N-ethyl adjacent to an activating group) is 1. The van der Waals surface area contributed by atoms with Gasteiger partial charge in [-0.1, -0.05) is 260 Å². The van der Waals surface area contributed by atoms with Gasteiger partial charge < -0.3 is 28.5 Å². The highest BCUT2D eigenvalue weighted by Crippen LogP contribution is 2.17. The Labute approximate surface area is 475 Å². The van der Waals surface area contributed by atoms with Gasteiger partial charge >= 0.3 is 17.9 Å². The van der Waals surface area contributed by atoms with E-state index < -0.39 is 24.3 Å². The maximum Gasteiger partial charge on any atom is 0.361 e. The highest BCUT2D eigenvalue weighted by atomic mass is 16.7. The number of allylic oxidation sites excluding steroid dienone is 12. The molecule has 0 aliphatic heterocycles. The molecule has 9 heteroatoms. The molecule has 0 aromatic carbocycles. The number of rotatable bonds is 59. The van der Waals surface area contributed by atoms with Gasteiger partial charge in [0.05, 0.1) is 34.4 Å². The normalized spacial score (nSPS) is 13.2. The van der Waals surface area contributed by atoms with E-state index in [-0.39, 0.29) is 32.2 Å². The Morgan fingerprint density at radius 3 is 1.12 bits per heavy atom. The molecule has 0 aromatic heterocycles. The summed E-state index contributed by atoms with van der Waals surface area (Å²) in [5, 5.41) is 9.71. The standard InChI is InChI=1S/C68H121NO8/c1-6-8-10-12-14-16-18-20-22-23-24-25-26-27-28-29-30-31-32-33-34-35-36-37-38-39-40-41-42-43-45-47-49-51-53-55-57-59-66(71)77-64(63-76-68(67(72)73)74-61-60-69(3,4)5)62-75-65(70)58-56-54-52-50-48-46-44-21-19-17-15-13-11-9-7-2/h8,10,14,16,20-22,24-25,27-28,44,64,68H,6-7,9,11-13,15,17-19,23,26,29-43,45-63H2,1-5H3/p+1/b10-8-,16-14-,22-20-,25-24-,28-27-,44-21-. The third-order valence-electron chi connectivity index (χ3n) is 13.9. The van der Waals surface area contributed by atoms with Crippen LogP contribution in [0.2, 0.25) is 0 Å². The quantitative estimate of drug-likeness (QED) is 0.0211. The summed E-state index contributed by atoms with van der Waals surface area (Å²) in [6.45, 7) is 4.77. The molecule has 0 saturated heterocycles. The molecule has 0 bridgehead atoms. The molecule has 9 nitrogen and oxygen atoms in total. The number of esters is 2. The lowest BCUT2D eigenvalue weighted by molar-refractivity contribution is -0.870. The van der Waals surface area contributed by atoms with Gasteiger partial charge in [-0.15, -0.1) is 0 Å². The molecule has 0 rings (SSSR count). The SMILES string of the molecule is CC/C=C\C/C=C\C/C=C\C/C=C\C/C=C\CCCCCCCCCCCCCCCCCCCCCCCC(=O)OC(COC(=O)CCCCCCC/C=C\CCCCCCCC)COC(OCC[N+](C)(C)C)C(=O)O. The van der Waals surface area contributed by atoms with E-state index in [2.05, 4.69) is 86.8 Å². The minimum Gasteiger partial charge on any atom is -0.477 e. The van der Waals surface area contributed by atoms with Gasteiger partial charge in [0, 0.05) is 12.8 Å². The third-order valence-corrected chi connectivity index (χ3v) is 13.9. The molecule has 2 atom stereocenters. The summed E-state index contributed by atoms with van der Waals surface area (Å²) in [6, 6.07) is 0. The summed E-state index contributed by atoms with van der Waals surface area (Å²) in [4.78, 5) is 37.4. The van der Waals surface area contributed by atoms with Crippen molar-refractivity contribution in [2.75, 3.05) is 47.5 Å². The van der Waals surface area contributed by atoms with Crippen LogP contribution in [0.4, 0.5) is 0 Å². The maximum absolute atomic E-state index is 12.9. The van der Waals surface area contributed by atoms with Crippen LogP contribution in [0, 0.1) is 0 Å². The fraction of sp³-hybridized carbons (Fsp3) is 0.779. The van der Waals surface area contributed by atoms with Crippen LogP contribution in [-0.2, 0) is 33.3 Å². The third kappa shape index (κ3) is 60.2. The molecule has 77 heavy (non-hydrogen) atoms. The molecule has 0 spiro atoms. The molecule has 1 N–H and O–H groups in total. The predicted octanol–water partition coefficient (Wildman–Crippen LogP) is 19.4. The molecule has 2 unspecified atom stereocenters. The Hall–Kier alpha value is -3.27. The lowest BCUT2D eigenvalue weighted by Crippen LogP contribution is -2.40. The number of nitrogens with zero attached hydrogens (tertiary/aromatic N) is 1. The van der Waals surface area contributed by atoms with Gasteiger partial charge in [0.25, 0.3) is 6.29 Å². The van der Waals surface area contributed by atoms with Crippen LogP contribution in [0.1, 0.15) is 284 Å². The van der Waals surface area contributed by atoms with E-state index in [1.54, 1.807) is 0 Å². The molecule has 0 heterocycles. The van der Waals surface area contributed by atoms with Crippen molar-refractivity contribution in [3.05, 3.63) is 72.9 Å². The summed E-state index contributed by atoms with van der Waals surface area (Å²) >= 11 is 0. The van der Waals surface area contributed by atoms with Crippen molar-refractivity contribution in [3.8, 4) is 0 Å². The molecular weight excluding hydrogens is 959 g/mol. The summed E-state index contributed by atoms with van der Waals surface area (Å²) < 4.78 is 22.9. The van der Waals surface area contributed by atoms with Crippen LogP contribution < -0.4 is 0 Å². The number of carbonyl (C=O) groups excluding carboxylic acids is 2. The van der Waals surface area contributed by atoms with Crippen LogP contribution >= 0.6 is 0 Å². The Morgan fingerprint density at radius 1 is 0.403 bits per heavy atom. The van der Waals surface area contributed by atoms with Gasteiger partial charge in [-0.05, 0) is 83.5 Å². The second-order valence-corrected chi connectivity index (χ2v) is 22.7. The molecule has 0 radical (unpaired) electrons. The van der Waals surface area contributed by atoms with Gasteiger partial charge in [0.1, 0.15) is 13.2 Å². The number of carboxylic acids is 1. The van der Waals surface area contributed by atoms with Crippen molar-refractivity contribution in [1.82, 2.24) is 0 Å². The van der Waals surface area contributed by atoms with Crippen LogP contribution in [-0.4, -0.2) is 87.4 Å². The van der Waals surface area contributed by atoms with E-state index >= 15 is 0 Å². The fourth-order valence-electron chi connectivity index (χ4n) is 9.04. The fourth-order valence-corrected chi connectivity index (χ4v) is 9.04. The van der Waals surface area contributed by atoms with E-state index in [1.165, 1.54) is 167 Å². The van der Waals surface area contributed by atoms with E-state index in [0.717, 1.165) is 89.9 Å². The monoisotopic (exact) mass is 1080 g/mol. The van der Waals surface area contributed by atoms with Gasteiger partial charge in [0.15, 0.2) is 6.10 Å². The zero-order valence-electron chi connectivity index (χ0n) is 50.9. The molecule has 0 aliphatic carbocycles. The molecule has 0 aromatic rings. The first-order valence-corrected chi connectivity index (χ1v) is 32.1. The van der Waals surface area contributed by atoms with Crippen molar-refractivity contribution in [3.63, 3.8) is 0 Å². The average molecular weight is 1080 g/mol. The minimum atomic E-state index is -1.51. The zero-order valence-corrected chi connectivity index (χ0v) is 50.9. The summed E-state index contributed by atoms with van der Waals surface area (Å²) in [5.41, 5.74) is 0. The summed E-state index contributed by atoms with van der Waals surface area (Å²) in [6.07, 6.45) is 74.4.